The second kappa shape index (κ2) is 5.45. The Hall–Kier alpha value is 1.06. The molecule has 0 amide bonds. The summed E-state index contributed by atoms with van der Waals surface area (Å²) >= 11 is 26.1. The minimum Gasteiger partial charge on any atom is -0.188 e. The van der Waals surface area contributed by atoms with Gasteiger partial charge in [-0.25, -0.2) is 0 Å². The fraction of sp³-hybridized carbons (Fsp3) is 0.250. The summed E-state index contributed by atoms with van der Waals surface area (Å²) in [5.74, 6) is 0. The van der Waals surface area contributed by atoms with Crippen LogP contribution >= 0.6 is 78.3 Å². The SMILES string of the molecule is FC(F)(Br)c1c(Cl)c(Cl)c(C(F)(F)Br)c(Cl)c1Cl. The Kier molecular flexibility index (Phi) is 5.18. The van der Waals surface area contributed by atoms with Crippen LogP contribution in [-0.4, -0.2) is 0 Å². The Morgan fingerprint density at radius 1 is 0.611 bits per heavy atom. The summed E-state index contributed by atoms with van der Waals surface area (Å²) in [6.07, 6.45) is 0. The zero-order chi connectivity index (χ0) is 14.5. The third kappa shape index (κ3) is 3.20. The first-order valence-electron chi connectivity index (χ1n) is 3.89. The van der Waals surface area contributed by atoms with Gasteiger partial charge in [-0.2, -0.15) is 17.6 Å². The van der Waals surface area contributed by atoms with E-state index in [4.69, 9.17) is 46.4 Å². The van der Waals surface area contributed by atoms with Crippen LogP contribution in [0.4, 0.5) is 17.6 Å². The van der Waals surface area contributed by atoms with Crippen LogP contribution in [0.15, 0.2) is 0 Å². The van der Waals surface area contributed by atoms with Gasteiger partial charge in [0.05, 0.1) is 31.2 Å². The van der Waals surface area contributed by atoms with E-state index in [-0.39, 0.29) is 0 Å². The molecule has 0 saturated heterocycles. The highest BCUT2D eigenvalue weighted by Crippen LogP contribution is 2.54. The predicted octanol–water partition coefficient (Wildman–Crippen LogP) is 7.19. The van der Waals surface area contributed by atoms with Crippen LogP contribution in [-0.2, 0) is 9.66 Å². The molecule has 0 bridgehead atoms. The van der Waals surface area contributed by atoms with Gasteiger partial charge in [0.25, 0.3) is 0 Å². The van der Waals surface area contributed by atoms with Crippen LogP contribution in [0.3, 0.4) is 0 Å². The van der Waals surface area contributed by atoms with Crippen LogP contribution in [0.25, 0.3) is 0 Å². The van der Waals surface area contributed by atoms with Crippen molar-refractivity contribution in [3.63, 3.8) is 0 Å². The number of hydrogen-bond donors (Lipinski definition) is 0. The lowest BCUT2D eigenvalue weighted by Crippen LogP contribution is -2.11. The van der Waals surface area contributed by atoms with Crippen molar-refractivity contribution in [2.75, 3.05) is 0 Å². The minimum absolute atomic E-state index is 0.804. The molecule has 0 radical (unpaired) electrons. The number of halogens is 10. The van der Waals surface area contributed by atoms with E-state index in [0.717, 1.165) is 0 Å². The molecule has 0 unspecified atom stereocenters. The van der Waals surface area contributed by atoms with E-state index < -0.39 is 40.9 Å². The van der Waals surface area contributed by atoms with E-state index in [1.807, 2.05) is 31.9 Å². The van der Waals surface area contributed by atoms with Crippen molar-refractivity contribution in [2.45, 2.75) is 9.66 Å². The second-order valence-corrected chi connectivity index (χ2v) is 6.51. The molecular weight excluding hydrogens is 474 g/mol. The van der Waals surface area contributed by atoms with Crippen molar-refractivity contribution in [1.82, 2.24) is 0 Å². The topological polar surface area (TPSA) is 0 Å². The summed E-state index contributed by atoms with van der Waals surface area (Å²) in [4.78, 5) is -7.32. The normalized spacial score (nSPS) is 13.0. The molecule has 0 aliphatic carbocycles. The molecule has 102 valence electrons. The van der Waals surface area contributed by atoms with Gasteiger partial charge in [-0.1, -0.05) is 46.4 Å². The van der Waals surface area contributed by atoms with Gasteiger partial charge in [0.1, 0.15) is 0 Å². The Balaban J connectivity index is 3.79. The average molecular weight is 474 g/mol. The summed E-state index contributed by atoms with van der Waals surface area (Å²) < 4.78 is 52.8. The standard InChI is InChI=1S/C8Br2Cl4F4/c9-7(15,16)1-3(11)5(13)2(8(10,17)18)6(14)4(1)12. The lowest BCUT2D eigenvalue weighted by atomic mass is 10.1. The lowest BCUT2D eigenvalue weighted by Gasteiger charge is -2.20. The van der Waals surface area contributed by atoms with Crippen molar-refractivity contribution in [1.29, 1.82) is 0 Å². The third-order valence-electron chi connectivity index (χ3n) is 1.83. The van der Waals surface area contributed by atoms with E-state index in [1.165, 1.54) is 0 Å². The summed E-state index contributed by atoms with van der Waals surface area (Å²) in [6.45, 7) is 0. The molecule has 0 nitrogen and oxygen atoms in total. The molecule has 18 heavy (non-hydrogen) atoms. The highest BCUT2D eigenvalue weighted by Gasteiger charge is 2.41. The van der Waals surface area contributed by atoms with E-state index in [1.54, 1.807) is 0 Å². The van der Waals surface area contributed by atoms with Crippen LogP contribution in [0.1, 0.15) is 11.1 Å². The second-order valence-electron chi connectivity index (χ2n) is 3.00. The smallest absolute Gasteiger partial charge is 0.188 e. The van der Waals surface area contributed by atoms with Crippen LogP contribution in [0.5, 0.6) is 0 Å². The van der Waals surface area contributed by atoms with E-state index in [9.17, 15) is 17.6 Å². The highest BCUT2D eigenvalue weighted by molar-refractivity contribution is 9.09. The first-order chi connectivity index (χ1) is 7.89. The summed E-state index contributed by atoms with van der Waals surface area (Å²) in [5.41, 5.74) is -1.94. The monoisotopic (exact) mass is 470 g/mol. The minimum atomic E-state index is -3.66. The fourth-order valence-corrected chi connectivity index (χ4v) is 3.71. The molecule has 0 saturated carbocycles. The summed E-state index contributed by atoms with van der Waals surface area (Å²) in [6, 6.07) is 0. The zero-order valence-corrected chi connectivity index (χ0v) is 14.0. The molecule has 0 aliphatic rings. The molecule has 0 aliphatic heterocycles. The molecule has 0 aromatic heterocycles. The molecule has 1 rings (SSSR count). The third-order valence-corrected chi connectivity index (χ3v) is 4.33. The van der Waals surface area contributed by atoms with Crippen LogP contribution < -0.4 is 0 Å². The summed E-state index contributed by atoms with van der Waals surface area (Å²) in [5, 5.41) is -3.21. The first-order valence-corrected chi connectivity index (χ1v) is 6.99. The van der Waals surface area contributed by atoms with Crippen LogP contribution in [0.2, 0.25) is 20.1 Å². The molecule has 1 aromatic carbocycles. The lowest BCUT2D eigenvalue weighted by molar-refractivity contribution is 0.110. The first kappa shape index (κ1) is 17.1. The van der Waals surface area contributed by atoms with E-state index >= 15 is 0 Å². The Bertz CT molecular complexity index is 421. The van der Waals surface area contributed by atoms with Crippen molar-refractivity contribution in [3.05, 3.63) is 31.2 Å². The van der Waals surface area contributed by atoms with Gasteiger partial charge in [-0.3, -0.25) is 0 Å². The van der Waals surface area contributed by atoms with E-state index in [2.05, 4.69) is 0 Å². The Morgan fingerprint density at radius 3 is 0.889 bits per heavy atom. The van der Waals surface area contributed by atoms with Crippen molar-refractivity contribution < 1.29 is 17.6 Å². The number of alkyl halides is 6. The predicted molar refractivity (Wildman–Crippen MR) is 72.1 cm³/mol. The maximum Gasteiger partial charge on any atom is 0.329 e. The Morgan fingerprint density at radius 2 is 0.778 bits per heavy atom. The highest BCUT2D eigenvalue weighted by atomic mass is 79.9. The molecule has 0 fully saturated rings. The molecule has 1 aromatic rings. The quantitative estimate of drug-likeness (QED) is 0.242. The number of hydrogen-bond acceptors (Lipinski definition) is 0. The Labute approximate surface area is 136 Å². The molecular formula is C8Br2Cl4F4. The maximum absolute atomic E-state index is 13.2. The van der Waals surface area contributed by atoms with Gasteiger partial charge >= 0.3 is 9.66 Å². The number of rotatable bonds is 2. The van der Waals surface area contributed by atoms with Crippen LogP contribution in [0, 0.1) is 0 Å². The largest absolute Gasteiger partial charge is 0.329 e. The van der Waals surface area contributed by atoms with Gasteiger partial charge in [0.2, 0.25) is 0 Å². The van der Waals surface area contributed by atoms with Gasteiger partial charge in [-0.15, -0.1) is 0 Å². The van der Waals surface area contributed by atoms with Crippen molar-refractivity contribution >= 4 is 78.3 Å². The fourth-order valence-electron chi connectivity index (χ4n) is 1.13. The number of benzene rings is 1. The van der Waals surface area contributed by atoms with Crippen molar-refractivity contribution in [2.24, 2.45) is 0 Å². The zero-order valence-electron chi connectivity index (χ0n) is 7.78. The van der Waals surface area contributed by atoms with Gasteiger partial charge in [0, 0.05) is 0 Å². The van der Waals surface area contributed by atoms with Gasteiger partial charge < -0.3 is 0 Å². The maximum atomic E-state index is 13.2. The molecule has 0 spiro atoms. The van der Waals surface area contributed by atoms with Crippen molar-refractivity contribution in [3.8, 4) is 0 Å². The van der Waals surface area contributed by atoms with E-state index in [0.29, 0.717) is 0 Å². The molecule has 10 heteroatoms. The molecule has 0 heterocycles. The van der Waals surface area contributed by atoms with Gasteiger partial charge in [-0.05, 0) is 31.9 Å². The average Bonchev–Trinajstić information content (AvgIpc) is 2.10. The molecule has 0 atom stereocenters. The summed E-state index contributed by atoms with van der Waals surface area (Å²) in [7, 11) is 0. The molecule has 0 N–H and O–H groups in total. The van der Waals surface area contributed by atoms with Gasteiger partial charge in [0.15, 0.2) is 0 Å².